The van der Waals surface area contributed by atoms with Crippen LogP contribution in [0.3, 0.4) is 0 Å². The number of halogens is 3. The summed E-state index contributed by atoms with van der Waals surface area (Å²) in [7, 11) is 3.31. The quantitative estimate of drug-likeness (QED) is 0.925. The highest BCUT2D eigenvalue weighted by molar-refractivity contribution is 5.93. The SMILES string of the molecule is Cc1cc(C(F)(F)F)ccc1CNc1ccc(C(=O)N(C)C)cn1. The minimum absolute atomic E-state index is 0.146. The average Bonchev–Trinajstić information content (AvgIpc) is 2.52. The predicted octanol–water partition coefficient (Wildman–Crippen LogP) is 3.72. The van der Waals surface area contributed by atoms with Crippen LogP contribution in [-0.2, 0) is 12.7 Å². The van der Waals surface area contributed by atoms with Crippen LogP contribution in [0.2, 0.25) is 0 Å². The van der Waals surface area contributed by atoms with Crippen LogP contribution in [0.5, 0.6) is 0 Å². The molecule has 2 rings (SSSR count). The Morgan fingerprint density at radius 1 is 1.21 bits per heavy atom. The normalized spacial score (nSPS) is 11.2. The number of carbonyl (C=O) groups excluding carboxylic acids is 1. The van der Waals surface area contributed by atoms with Gasteiger partial charge < -0.3 is 10.2 Å². The molecule has 0 unspecified atom stereocenters. The van der Waals surface area contributed by atoms with Crippen LogP contribution in [0.25, 0.3) is 0 Å². The molecule has 1 heterocycles. The van der Waals surface area contributed by atoms with E-state index in [2.05, 4.69) is 10.3 Å². The highest BCUT2D eigenvalue weighted by atomic mass is 19.4. The summed E-state index contributed by atoms with van der Waals surface area (Å²) in [5.41, 5.74) is 1.11. The first kappa shape index (κ1) is 17.8. The summed E-state index contributed by atoms with van der Waals surface area (Å²) in [6.45, 7) is 1.98. The number of aryl methyl sites for hydroxylation is 1. The molecule has 0 bridgehead atoms. The van der Waals surface area contributed by atoms with Gasteiger partial charge in [-0.3, -0.25) is 4.79 Å². The summed E-state index contributed by atoms with van der Waals surface area (Å²) >= 11 is 0. The van der Waals surface area contributed by atoms with Crippen molar-refractivity contribution in [2.75, 3.05) is 19.4 Å². The van der Waals surface area contributed by atoms with E-state index in [0.717, 1.165) is 17.7 Å². The lowest BCUT2D eigenvalue weighted by molar-refractivity contribution is -0.137. The fourth-order valence-electron chi connectivity index (χ4n) is 2.14. The van der Waals surface area contributed by atoms with Crippen LogP contribution in [0, 0.1) is 6.92 Å². The zero-order valence-corrected chi connectivity index (χ0v) is 13.6. The van der Waals surface area contributed by atoms with Crippen molar-refractivity contribution in [2.24, 2.45) is 0 Å². The van der Waals surface area contributed by atoms with Crippen LogP contribution in [0.4, 0.5) is 19.0 Å². The Kier molecular flexibility index (Phi) is 5.11. The molecule has 0 spiro atoms. The Bertz CT molecular complexity index is 725. The fourth-order valence-corrected chi connectivity index (χ4v) is 2.14. The van der Waals surface area contributed by atoms with E-state index in [0.29, 0.717) is 23.5 Å². The number of hydrogen-bond acceptors (Lipinski definition) is 3. The standard InChI is InChI=1S/C17H18F3N3O/c1-11-8-14(17(18,19)20)6-4-12(11)9-21-15-7-5-13(10-22-15)16(24)23(2)3/h4-8,10H,9H2,1-3H3,(H,21,22). The second kappa shape index (κ2) is 6.90. The molecule has 24 heavy (non-hydrogen) atoms. The minimum atomic E-state index is -4.34. The summed E-state index contributed by atoms with van der Waals surface area (Å²) in [4.78, 5) is 17.4. The molecular formula is C17H18F3N3O. The molecule has 0 atom stereocenters. The van der Waals surface area contributed by atoms with Crippen molar-refractivity contribution in [1.29, 1.82) is 0 Å². The van der Waals surface area contributed by atoms with Gasteiger partial charge in [0.15, 0.2) is 0 Å². The Balaban J connectivity index is 2.05. The number of benzene rings is 1. The molecule has 0 fully saturated rings. The molecule has 0 saturated heterocycles. The van der Waals surface area contributed by atoms with E-state index in [4.69, 9.17) is 0 Å². The van der Waals surface area contributed by atoms with E-state index in [1.54, 1.807) is 33.2 Å². The third-order valence-electron chi connectivity index (χ3n) is 3.55. The molecule has 0 aliphatic carbocycles. The highest BCUT2D eigenvalue weighted by Crippen LogP contribution is 2.30. The summed E-state index contributed by atoms with van der Waals surface area (Å²) < 4.78 is 38.0. The van der Waals surface area contributed by atoms with Gasteiger partial charge in [0, 0.05) is 26.8 Å². The summed E-state index contributed by atoms with van der Waals surface area (Å²) in [5, 5.41) is 3.04. The van der Waals surface area contributed by atoms with E-state index < -0.39 is 11.7 Å². The Labute approximate surface area is 138 Å². The smallest absolute Gasteiger partial charge is 0.366 e. The van der Waals surface area contributed by atoms with Crippen molar-refractivity contribution < 1.29 is 18.0 Å². The fraction of sp³-hybridized carbons (Fsp3) is 0.294. The molecule has 4 nitrogen and oxygen atoms in total. The number of alkyl halides is 3. The predicted molar refractivity (Wildman–Crippen MR) is 85.8 cm³/mol. The Morgan fingerprint density at radius 2 is 1.92 bits per heavy atom. The number of nitrogens with zero attached hydrogens (tertiary/aromatic N) is 2. The number of aromatic nitrogens is 1. The first-order valence-electron chi connectivity index (χ1n) is 7.27. The third kappa shape index (κ3) is 4.24. The Morgan fingerprint density at radius 3 is 2.42 bits per heavy atom. The highest BCUT2D eigenvalue weighted by Gasteiger charge is 2.30. The van der Waals surface area contributed by atoms with Gasteiger partial charge in [0.25, 0.3) is 5.91 Å². The average molecular weight is 337 g/mol. The van der Waals surface area contributed by atoms with Crippen LogP contribution in [0.1, 0.15) is 27.0 Å². The molecule has 7 heteroatoms. The second-order valence-corrected chi connectivity index (χ2v) is 5.62. The number of rotatable bonds is 4. The molecule has 1 N–H and O–H groups in total. The first-order valence-corrected chi connectivity index (χ1v) is 7.27. The van der Waals surface area contributed by atoms with Gasteiger partial charge in [-0.15, -0.1) is 0 Å². The molecule has 1 aromatic carbocycles. The lowest BCUT2D eigenvalue weighted by atomic mass is 10.0. The molecule has 128 valence electrons. The molecule has 0 aliphatic heterocycles. The number of pyridine rings is 1. The largest absolute Gasteiger partial charge is 0.416 e. The van der Waals surface area contributed by atoms with Crippen LogP contribution >= 0.6 is 0 Å². The van der Waals surface area contributed by atoms with E-state index in [1.807, 2.05) is 0 Å². The maximum atomic E-state index is 12.7. The molecule has 0 aliphatic rings. The van der Waals surface area contributed by atoms with Crippen molar-refractivity contribution in [3.05, 3.63) is 58.8 Å². The van der Waals surface area contributed by atoms with Crippen LogP contribution in [-0.4, -0.2) is 29.9 Å². The minimum Gasteiger partial charge on any atom is -0.366 e. The lowest BCUT2D eigenvalue weighted by Gasteiger charge is -2.13. The molecule has 0 radical (unpaired) electrons. The number of carbonyl (C=O) groups is 1. The van der Waals surface area contributed by atoms with E-state index in [-0.39, 0.29) is 5.91 Å². The van der Waals surface area contributed by atoms with E-state index in [9.17, 15) is 18.0 Å². The maximum Gasteiger partial charge on any atom is 0.416 e. The molecule has 2 aromatic rings. The van der Waals surface area contributed by atoms with Gasteiger partial charge >= 0.3 is 6.18 Å². The summed E-state index contributed by atoms with van der Waals surface area (Å²) in [6.07, 6.45) is -2.88. The lowest BCUT2D eigenvalue weighted by Crippen LogP contribution is -2.21. The summed E-state index contributed by atoms with van der Waals surface area (Å²) in [5.74, 6) is 0.400. The molecular weight excluding hydrogens is 319 g/mol. The van der Waals surface area contributed by atoms with Gasteiger partial charge in [-0.05, 0) is 42.3 Å². The topological polar surface area (TPSA) is 45.2 Å². The summed E-state index contributed by atoms with van der Waals surface area (Å²) in [6, 6.07) is 6.96. The number of hydrogen-bond donors (Lipinski definition) is 1. The van der Waals surface area contributed by atoms with Gasteiger partial charge in [-0.2, -0.15) is 13.2 Å². The molecule has 1 amide bonds. The molecule has 0 saturated carbocycles. The Hall–Kier alpha value is -2.57. The zero-order valence-electron chi connectivity index (χ0n) is 13.6. The van der Waals surface area contributed by atoms with Crippen LogP contribution in [0.15, 0.2) is 36.5 Å². The van der Waals surface area contributed by atoms with Crippen molar-refractivity contribution >= 4 is 11.7 Å². The number of nitrogens with one attached hydrogen (secondary N) is 1. The van der Waals surface area contributed by atoms with E-state index in [1.165, 1.54) is 17.2 Å². The second-order valence-electron chi connectivity index (χ2n) is 5.62. The van der Waals surface area contributed by atoms with Gasteiger partial charge in [0.1, 0.15) is 5.82 Å². The van der Waals surface area contributed by atoms with Crippen molar-refractivity contribution in [3.8, 4) is 0 Å². The van der Waals surface area contributed by atoms with Gasteiger partial charge in [-0.25, -0.2) is 4.98 Å². The number of anilines is 1. The zero-order chi connectivity index (χ0) is 17.9. The van der Waals surface area contributed by atoms with Crippen molar-refractivity contribution in [3.63, 3.8) is 0 Å². The van der Waals surface area contributed by atoms with Crippen molar-refractivity contribution in [1.82, 2.24) is 9.88 Å². The number of amides is 1. The van der Waals surface area contributed by atoms with E-state index >= 15 is 0 Å². The van der Waals surface area contributed by atoms with Gasteiger partial charge in [0.2, 0.25) is 0 Å². The van der Waals surface area contributed by atoms with Gasteiger partial charge in [0.05, 0.1) is 11.1 Å². The van der Waals surface area contributed by atoms with Crippen molar-refractivity contribution in [2.45, 2.75) is 19.6 Å². The third-order valence-corrected chi connectivity index (χ3v) is 3.55. The molecule has 1 aromatic heterocycles. The first-order chi connectivity index (χ1) is 11.2. The monoisotopic (exact) mass is 337 g/mol. The van der Waals surface area contributed by atoms with Gasteiger partial charge in [-0.1, -0.05) is 6.07 Å². The van der Waals surface area contributed by atoms with Crippen LogP contribution < -0.4 is 5.32 Å². The maximum absolute atomic E-state index is 12.7.